The molecular formula is C22H23NO5S. The van der Waals surface area contributed by atoms with Gasteiger partial charge in [0, 0.05) is 6.54 Å². The third-order valence-electron chi connectivity index (χ3n) is 4.29. The molecule has 29 heavy (non-hydrogen) atoms. The lowest BCUT2D eigenvalue weighted by Crippen LogP contribution is -2.27. The first-order valence-electron chi connectivity index (χ1n) is 9.28. The van der Waals surface area contributed by atoms with Crippen molar-refractivity contribution < 1.29 is 22.7 Å². The average Bonchev–Trinajstić information content (AvgIpc) is 2.72. The highest BCUT2D eigenvalue weighted by atomic mass is 32.2. The summed E-state index contributed by atoms with van der Waals surface area (Å²) in [7, 11) is -3.69. The zero-order chi connectivity index (χ0) is 20.7. The number of fused-ring (bicyclic) bond motifs is 1. The van der Waals surface area contributed by atoms with Crippen molar-refractivity contribution in [2.24, 2.45) is 0 Å². The Kier molecular flexibility index (Phi) is 6.85. The molecule has 0 atom stereocenters. The smallest absolute Gasteiger partial charge is 0.307 e. The lowest BCUT2D eigenvalue weighted by molar-refractivity contribution is -0.144. The largest absolute Gasteiger partial charge is 0.490 e. The molecule has 6 nitrogen and oxygen atoms in total. The van der Waals surface area contributed by atoms with Crippen LogP contribution in [0, 0.1) is 6.92 Å². The minimum Gasteiger partial charge on any atom is -0.490 e. The van der Waals surface area contributed by atoms with Gasteiger partial charge in [-0.05, 0) is 42.0 Å². The minimum absolute atomic E-state index is 0.0349. The molecule has 0 unspecified atom stereocenters. The van der Waals surface area contributed by atoms with E-state index in [0.29, 0.717) is 5.75 Å². The molecule has 0 heterocycles. The summed E-state index contributed by atoms with van der Waals surface area (Å²) in [5.74, 6) is 0.216. The van der Waals surface area contributed by atoms with E-state index in [-0.39, 0.29) is 31.1 Å². The SMILES string of the molecule is Cc1ccc(OCCOC(=O)CCNS(=O)(=O)c2ccc3ccccc3c2)cc1. The topological polar surface area (TPSA) is 81.7 Å². The second kappa shape index (κ2) is 9.54. The molecule has 0 saturated heterocycles. The third kappa shape index (κ3) is 6.04. The van der Waals surface area contributed by atoms with Gasteiger partial charge in [-0.1, -0.05) is 48.0 Å². The number of nitrogens with one attached hydrogen (secondary N) is 1. The summed E-state index contributed by atoms with van der Waals surface area (Å²) >= 11 is 0. The second-order valence-corrected chi connectivity index (χ2v) is 8.31. The standard InChI is InChI=1S/C22H23NO5S/c1-17-6-9-20(10-7-17)27-14-15-28-22(24)12-13-23-29(25,26)21-11-8-18-4-2-3-5-19(18)16-21/h2-11,16,23H,12-15H2,1H3. The van der Waals surface area contributed by atoms with Crippen LogP contribution in [0.3, 0.4) is 0 Å². The van der Waals surface area contributed by atoms with Gasteiger partial charge >= 0.3 is 5.97 Å². The molecule has 0 amide bonds. The van der Waals surface area contributed by atoms with Crippen LogP contribution in [-0.4, -0.2) is 34.1 Å². The highest BCUT2D eigenvalue weighted by Crippen LogP contribution is 2.18. The summed E-state index contributed by atoms with van der Waals surface area (Å²) in [5.41, 5.74) is 1.13. The fourth-order valence-electron chi connectivity index (χ4n) is 2.73. The minimum atomic E-state index is -3.69. The molecule has 0 radical (unpaired) electrons. The van der Waals surface area contributed by atoms with Gasteiger partial charge in [-0.15, -0.1) is 0 Å². The number of benzene rings is 3. The zero-order valence-electron chi connectivity index (χ0n) is 16.1. The molecular weight excluding hydrogens is 390 g/mol. The van der Waals surface area contributed by atoms with Gasteiger partial charge in [0.1, 0.15) is 19.0 Å². The Balaban J connectivity index is 1.41. The van der Waals surface area contributed by atoms with Gasteiger partial charge in [-0.25, -0.2) is 13.1 Å². The molecule has 0 aliphatic carbocycles. The van der Waals surface area contributed by atoms with Crippen molar-refractivity contribution in [3.63, 3.8) is 0 Å². The fourth-order valence-corrected chi connectivity index (χ4v) is 3.79. The van der Waals surface area contributed by atoms with E-state index in [1.54, 1.807) is 18.2 Å². The van der Waals surface area contributed by atoms with E-state index < -0.39 is 16.0 Å². The van der Waals surface area contributed by atoms with Crippen LogP contribution in [0.4, 0.5) is 0 Å². The Labute approximate surface area is 170 Å². The molecule has 152 valence electrons. The Hall–Kier alpha value is -2.90. The summed E-state index contributed by atoms with van der Waals surface area (Å²) in [6, 6.07) is 20.0. The number of hydrogen-bond donors (Lipinski definition) is 1. The molecule has 0 saturated carbocycles. The quantitative estimate of drug-likeness (QED) is 0.429. The van der Waals surface area contributed by atoms with E-state index in [4.69, 9.17) is 9.47 Å². The number of ether oxygens (including phenoxy) is 2. The van der Waals surface area contributed by atoms with Crippen molar-refractivity contribution in [3.05, 3.63) is 72.3 Å². The Morgan fingerprint density at radius 1 is 0.931 bits per heavy atom. The van der Waals surface area contributed by atoms with Crippen molar-refractivity contribution in [2.75, 3.05) is 19.8 Å². The molecule has 3 aromatic rings. The van der Waals surface area contributed by atoms with Crippen LogP contribution in [0.1, 0.15) is 12.0 Å². The number of esters is 1. The number of rotatable bonds is 9. The van der Waals surface area contributed by atoms with Crippen molar-refractivity contribution in [3.8, 4) is 5.75 Å². The van der Waals surface area contributed by atoms with E-state index in [1.807, 2.05) is 55.5 Å². The number of hydrogen-bond acceptors (Lipinski definition) is 5. The van der Waals surface area contributed by atoms with E-state index >= 15 is 0 Å². The first-order chi connectivity index (χ1) is 13.9. The molecule has 1 N–H and O–H groups in total. The predicted octanol–water partition coefficient (Wildman–Crippen LogP) is 3.44. The lowest BCUT2D eigenvalue weighted by atomic mass is 10.1. The Morgan fingerprint density at radius 2 is 1.66 bits per heavy atom. The number of sulfonamides is 1. The summed E-state index contributed by atoms with van der Waals surface area (Å²) in [5, 5.41) is 1.80. The number of carbonyl (C=O) groups is 1. The van der Waals surface area contributed by atoms with Gasteiger partial charge in [-0.3, -0.25) is 4.79 Å². The maximum atomic E-state index is 12.4. The Bertz CT molecular complexity index is 1080. The lowest BCUT2D eigenvalue weighted by Gasteiger charge is -2.09. The Morgan fingerprint density at radius 3 is 2.41 bits per heavy atom. The van der Waals surface area contributed by atoms with Gasteiger partial charge < -0.3 is 9.47 Å². The maximum Gasteiger partial charge on any atom is 0.307 e. The van der Waals surface area contributed by atoms with Crippen LogP contribution in [0.5, 0.6) is 5.75 Å². The molecule has 0 aliphatic rings. The predicted molar refractivity (Wildman–Crippen MR) is 111 cm³/mol. The van der Waals surface area contributed by atoms with Crippen LogP contribution < -0.4 is 9.46 Å². The molecule has 0 spiro atoms. The second-order valence-electron chi connectivity index (χ2n) is 6.54. The molecule has 0 aromatic heterocycles. The summed E-state index contributed by atoms with van der Waals surface area (Å²) in [6.07, 6.45) is -0.0582. The van der Waals surface area contributed by atoms with Gasteiger partial charge in [0.2, 0.25) is 10.0 Å². The molecule has 3 aromatic carbocycles. The van der Waals surface area contributed by atoms with Crippen LogP contribution in [0.25, 0.3) is 10.8 Å². The van der Waals surface area contributed by atoms with E-state index in [1.165, 1.54) is 0 Å². The van der Waals surface area contributed by atoms with Crippen LogP contribution in [-0.2, 0) is 19.6 Å². The molecule has 3 rings (SSSR count). The first kappa shape index (κ1) is 20.8. The van der Waals surface area contributed by atoms with Gasteiger partial charge in [0.25, 0.3) is 0 Å². The van der Waals surface area contributed by atoms with E-state index in [2.05, 4.69) is 4.72 Å². The third-order valence-corrected chi connectivity index (χ3v) is 5.75. The zero-order valence-corrected chi connectivity index (χ0v) is 16.9. The normalized spacial score (nSPS) is 11.3. The maximum absolute atomic E-state index is 12.4. The van der Waals surface area contributed by atoms with Crippen molar-refractivity contribution in [1.29, 1.82) is 0 Å². The average molecular weight is 413 g/mol. The molecule has 0 fully saturated rings. The van der Waals surface area contributed by atoms with Crippen molar-refractivity contribution in [1.82, 2.24) is 4.72 Å². The van der Waals surface area contributed by atoms with E-state index in [0.717, 1.165) is 16.3 Å². The number of aryl methyl sites for hydroxylation is 1. The summed E-state index contributed by atoms with van der Waals surface area (Å²) in [4.78, 5) is 11.9. The van der Waals surface area contributed by atoms with Crippen molar-refractivity contribution >= 4 is 26.8 Å². The van der Waals surface area contributed by atoms with Crippen LogP contribution in [0.15, 0.2) is 71.6 Å². The van der Waals surface area contributed by atoms with Crippen LogP contribution >= 0.6 is 0 Å². The number of carbonyl (C=O) groups excluding carboxylic acids is 1. The molecule has 7 heteroatoms. The monoisotopic (exact) mass is 413 g/mol. The highest BCUT2D eigenvalue weighted by molar-refractivity contribution is 7.89. The summed E-state index contributed by atoms with van der Waals surface area (Å²) in [6.45, 7) is 2.29. The highest BCUT2D eigenvalue weighted by Gasteiger charge is 2.15. The molecule has 0 aliphatic heterocycles. The van der Waals surface area contributed by atoms with E-state index in [9.17, 15) is 13.2 Å². The van der Waals surface area contributed by atoms with Crippen molar-refractivity contribution in [2.45, 2.75) is 18.2 Å². The van der Waals surface area contributed by atoms with Gasteiger partial charge in [-0.2, -0.15) is 0 Å². The van der Waals surface area contributed by atoms with Gasteiger partial charge in [0.05, 0.1) is 11.3 Å². The van der Waals surface area contributed by atoms with Crippen LogP contribution in [0.2, 0.25) is 0 Å². The first-order valence-corrected chi connectivity index (χ1v) is 10.8. The summed E-state index contributed by atoms with van der Waals surface area (Å²) < 4.78 is 37.8. The fraction of sp³-hybridized carbons (Fsp3) is 0.227. The molecule has 0 bridgehead atoms. The van der Waals surface area contributed by atoms with Gasteiger partial charge in [0.15, 0.2) is 0 Å².